The molecule has 0 aliphatic carbocycles. The molecule has 1 aromatic rings. The van der Waals surface area contributed by atoms with Crippen LogP contribution in [0.5, 0.6) is 0 Å². The fourth-order valence-corrected chi connectivity index (χ4v) is 2.22. The number of urea groups is 1. The lowest BCUT2D eigenvalue weighted by Crippen LogP contribution is -2.35. The van der Waals surface area contributed by atoms with Crippen molar-refractivity contribution in [1.29, 1.82) is 0 Å². The Labute approximate surface area is 113 Å². The minimum absolute atomic E-state index is 0.184. The largest absolute Gasteiger partial charge is 0.338 e. The van der Waals surface area contributed by atoms with Crippen molar-refractivity contribution in [3.63, 3.8) is 0 Å². The molecule has 0 saturated heterocycles. The molecule has 0 spiro atoms. The molecule has 6 nitrogen and oxygen atoms in total. The van der Waals surface area contributed by atoms with Crippen molar-refractivity contribution < 1.29 is 13.2 Å². The van der Waals surface area contributed by atoms with Crippen LogP contribution in [-0.2, 0) is 16.6 Å². The van der Waals surface area contributed by atoms with Crippen molar-refractivity contribution in [1.82, 2.24) is 15.4 Å². The second kappa shape index (κ2) is 7.10. The van der Waals surface area contributed by atoms with Crippen molar-refractivity contribution in [2.24, 2.45) is 0 Å². The van der Waals surface area contributed by atoms with Gasteiger partial charge in [0.05, 0.1) is 4.90 Å². The van der Waals surface area contributed by atoms with Gasteiger partial charge in [0.1, 0.15) is 0 Å². The molecule has 2 amide bonds. The van der Waals surface area contributed by atoms with Gasteiger partial charge in [0, 0.05) is 13.1 Å². The summed E-state index contributed by atoms with van der Waals surface area (Å²) in [6.45, 7) is 2.86. The number of carbonyl (C=O) groups is 1. The van der Waals surface area contributed by atoms with Gasteiger partial charge in [0.15, 0.2) is 0 Å². The third kappa shape index (κ3) is 4.88. The van der Waals surface area contributed by atoms with E-state index in [0.717, 1.165) is 12.0 Å². The van der Waals surface area contributed by atoms with Crippen LogP contribution in [0.15, 0.2) is 29.2 Å². The zero-order valence-electron chi connectivity index (χ0n) is 11.1. The minimum atomic E-state index is -3.45. The molecular formula is C12H19N3O3S. The van der Waals surface area contributed by atoms with Gasteiger partial charge >= 0.3 is 6.03 Å². The molecule has 0 unspecified atom stereocenters. The van der Waals surface area contributed by atoms with E-state index < -0.39 is 10.0 Å². The van der Waals surface area contributed by atoms with Crippen LogP contribution in [0.4, 0.5) is 4.79 Å². The molecule has 1 rings (SSSR count). The molecule has 0 fully saturated rings. The number of rotatable bonds is 6. The number of hydrogen-bond donors (Lipinski definition) is 3. The van der Waals surface area contributed by atoms with Crippen molar-refractivity contribution in [3.8, 4) is 0 Å². The molecule has 0 atom stereocenters. The van der Waals surface area contributed by atoms with Gasteiger partial charge < -0.3 is 10.6 Å². The summed E-state index contributed by atoms with van der Waals surface area (Å²) < 4.78 is 25.5. The number of carbonyl (C=O) groups excluding carboxylic acids is 1. The molecule has 7 heteroatoms. The monoisotopic (exact) mass is 285 g/mol. The van der Waals surface area contributed by atoms with Gasteiger partial charge in [0.2, 0.25) is 10.0 Å². The van der Waals surface area contributed by atoms with Crippen molar-refractivity contribution >= 4 is 16.1 Å². The molecule has 19 heavy (non-hydrogen) atoms. The van der Waals surface area contributed by atoms with E-state index in [9.17, 15) is 13.2 Å². The number of nitrogens with one attached hydrogen (secondary N) is 3. The summed E-state index contributed by atoms with van der Waals surface area (Å²) in [4.78, 5) is 11.5. The molecule has 0 aromatic heterocycles. The van der Waals surface area contributed by atoms with Crippen LogP contribution in [0.3, 0.4) is 0 Å². The lowest BCUT2D eigenvalue weighted by Gasteiger charge is -2.08. The summed E-state index contributed by atoms with van der Waals surface area (Å²) in [5, 5.41) is 5.34. The number of amides is 2. The number of benzene rings is 1. The first-order valence-corrected chi connectivity index (χ1v) is 7.52. The number of sulfonamides is 1. The van der Waals surface area contributed by atoms with E-state index in [1.54, 1.807) is 12.1 Å². The van der Waals surface area contributed by atoms with Gasteiger partial charge in [-0.3, -0.25) is 0 Å². The maximum atomic E-state index is 11.6. The van der Waals surface area contributed by atoms with Crippen molar-refractivity contribution in [2.75, 3.05) is 13.6 Å². The van der Waals surface area contributed by atoms with E-state index in [1.165, 1.54) is 19.2 Å². The van der Waals surface area contributed by atoms with Crippen LogP contribution < -0.4 is 15.4 Å². The Morgan fingerprint density at radius 2 is 2.00 bits per heavy atom. The summed E-state index contributed by atoms with van der Waals surface area (Å²) in [6, 6.07) is 6.18. The van der Waals surface area contributed by atoms with Gasteiger partial charge in [-0.05, 0) is 31.2 Å². The SMILES string of the molecule is CCCNC(=O)NCc1cccc(S(=O)(=O)NC)c1. The van der Waals surface area contributed by atoms with E-state index in [4.69, 9.17) is 0 Å². The van der Waals surface area contributed by atoms with Crippen molar-refractivity contribution in [3.05, 3.63) is 29.8 Å². The lowest BCUT2D eigenvalue weighted by molar-refractivity contribution is 0.240. The van der Waals surface area contributed by atoms with E-state index in [2.05, 4.69) is 15.4 Å². The van der Waals surface area contributed by atoms with Crippen LogP contribution in [0.2, 0.25) is 0 Å². The Bertz CT molecular complexity index is 529. The quantitative estimate of drug-likeness (QED) is 0.722. The Balaban J connectivity index is 2.66. The van der Waals surface area contributed by atoms with Crippen LogP contribution in [0.25, 0.3) is 0 Å². The summed E-state index contributed by atoms with van der Waals surface area (Å²) in [5.74, 6) is 0. The first-order valence-electron chi connectivity index (χ1n) is 6.03. The molecule has 106 valence electrons. The highest BCUT2D eigenvalue weighted by Crippen LogP contribution is 2.10. The van der Waals surface area contributed by atoms with Gasteiger partial charge in [-0.1, -0.05) is 19.1 Å². The Morgan fingerprint density at radius 3 is 2.63 bits per heavy atom. The van der Waals surface area contributed by atoms with E-state index >= 15 is 0 Å². The average Bonchev–Trinajstić information content (AvgIpc) is 2.43. The maximum absolute atomic E-state index is 11.6. The highest BCUT2D eigenvalue weighted by atomic mass is 32.2. The average molecular weight is 285 g/mol. The van der Waals surface area contributed by atoms with Crippen LogP contribution in [0, 0.1) is 0 Å². The smallest absolute Gasteiger partial charge is 0.315 e. The zero-order chi connectivity index (χ0) is 14.3. The molecule has 0 aliphatic rings. The Morgan fingerprint density at radius 1 is 1.26 bits per heavy atom. The zero-order valence-corrected chi connectivity index (χ0v) is 11.9. The van der Waals surface area contributed by atoms with Gasteiger partial charge in [0.25, 0.3) is 0 Å². The first kappa shape index (κ1) is 15.5. The highest BCUT2D eigenvalue weighted by Gasteiger charge is 2.11. The fraction of sp³-hybridized carbons (Fsp3) is 0.417. The second-order valence-corrected chi connectivity index (χ2v) is 5.85. The molecule has 1 aromatic carbocycles. The normalized spacial score (nSPS) is 11.1. The van der Waals surface area contributed by atoms with Gasteiger partial charge in [-0.15, -0.1) is 0 Å². The lowest BCUT2D eigenvalue weighted by atomic mass is 10.2. The fourth-order valence-electron chi connectivity index (χ4n) is 1.42. The maximum Gasteiger partial charge on any atom is 0.315 e. The molecular weight excluding hydrogens is 266 g/mol. The molecule has 0 heterocycles. The molecule has 0 saturated carbocycles. The third-order valence-corrected chi connectivity index (χ3v) is 3.88. The summed E-state index contributed by atoms with van der Waals surface area (Å²) >= 11 is 0. The minimum Gasteiger partial charge on any atom is -0.338 e. The highest BCUT2D eigenvalue weighted by molar-refractivity contribution is 7.89. The van der Waals surface area contributed by atoms with Crippen LogP contribution >= 0.6 is 0 Å². The Hall–Kier alpha value is -1.60. The van der Waals surface area contributed by atoms with E-state index in [1.807, 2.05) is 6.92 Å². The molecule has 0 radical (unpaired) electrons. The third-order valence-electron chi connectivity index (χ3n) is 2.47. The van der Waals surface area contributed by atoms with Gasteiger partial charge in [-0.25, -0.2) is 17.9 Å². The summed E-state index contributed by atoms with van der Waals surface area (Å²) in [6.07, 6.45) is 0.864. The van der Waals surface area contributed by atoms with Crippen LogP contribution in [-0.4, -0.2) is 28.0 Å². The predicted octanol–water partition coefficient (Wildman–Crippen LogP) is 0.804. The van der Waals surface area contributed by atoms with Gasteiger partial charge in [-0.2, -0.15) is 0 Å². The van der Waals surface area contributed by atoms with Crippen molar-refractivity contribution in [2.45, 2.75) is 24.8 Å². The van der Waals surface area contributed by atoms with Crippen LogP contribution in [0.1, 0.15) is 18.9 Å². The molecule has 0 aliphatic heterocycles. The summed E-state index contributed by atoms with van der Waals surface area (Å²) in [5.41, 5.74) is 0.725. The molecule has 0 bridgehead atoms. The first-order chi connectivity index (χ1) is 8.99. The van der Waals surface area contributed by atoms with E-state index in [-0.39, 0.29) is 17.5 Å². The predicted molar refractivity (Wildman–Crippen MR) is 73.2 cm³/mol. The topological polar surface area (TPSA) is 87.3 Å². The number of hydrogen-bond acceptors (Lipinski definition) is 3. The standard InChI is InChI=1S/C12H19N3O3S/c1-3-7-14-12(16)15-9-10-5-4-6-11(8-10)19(17,18)13-2/h4-6,8,13H,3,7,9H2,1-2H3,(H2,14,15,16). The second-order valence-electron chi connectivity index (χ2n) is 3.96. The Kier molecular flexibility index (Phi) is 5.78. The molecule has 3 N–H and O–H groups in total. The van der Waals surface area contributed by atoms with E-state index in [0.29, 0.717) is 6.54 Å². The summed E-state index contributed by atoms with van der Waals surface area (Å²) in [7, 11) is -2.09.